The molecule has 0 unspecified atom stereocenters. The average Bonchev–Trinajstić information content (AvgIpc) is 3.39. The topological polar surface area (TPSA) is 81.2 Å². The molecule has 136 valence electrons. The van der Waals surface area contributed by atoms with Gasteiger partial charge in [0.1, 0.15) is 0 Å². The highest BCUT2D eigenvalue weighted by Gasteiger charge is 2.19. The van der Waals surface area contributed by atoms with Crippen molar-refractivity contribution in [1.29, 1.82) is 0 Å². The summed E-state index contributed by atoms with van der Waals surface area (Å²) in [6.45, 7) is 1.66. The van der Waals surface area contributed by atoms with Crippen LogP contribution in [0.1, 0.15) is 12.6 Å². The zero-order valence-corrected chi connectivity index (χ0v) is 15.9. The lowest BCUT2D eigenvalue weighted by Crippen LogP contribution is -2.22. The quantitative estimate of drug-likeness (QED) is 0.511. The molecule has 0 saturated carbocycles. The predicted octanol–water partition coefficient (Wildman–Crippen LogP) is 3.75. The van der Waals surface area contributed by atoms with Crippen molar-refractivity contribution in [3.05, 3.63) is 69.5 Å². The van der Waals surface area contributed by atoms with Gasteiger partial charge in [0.15, 0.2) is 5.13 Å². The molecule has 0 aliphatic rings. The molecule has 0 saturated heterocycles. The van der Waals surface area contributed by atoms with Crippen molar-refractivity contribution in [2.45, 2.75) is 13.5 Å². The Labute approximate surface area is 162 Å². The molecule has 9 heteroatoms. The minimum absolute atomic E-state index is 0.138. The van der Waals surface area contributed by atoms with Crippen molar-refractivity contribution in [2.75, 3.05) is 4.90 Å². The lowest BCUT2D eigenvalue weighted by atomic mass is 10.3. The Morgan fingerprint density at radius 3 is 2.70 bits per heavy atom. The van der Waals surface area contributed by atoms with E-state index in [4.69, 9.17) is 4.42 Å². The molecule has 0 bridgehead atoms. The van der Waals surface area contributed by atoms with Crippen LogP contribution in [0.5, 0.6) is 0 Å². The average molecular weight is 398 g/mol. The van der Waals surface area contributed by atoms with E-state index in [1.54, 1.807) is 5.38 Å². The summed E-state index contributed by atoms with van der Waals surface area (Å²) >= 11 is 2.78. The molecule has 0 aliphatic carbocycles. The van der Waals surface area contributed by atoms with Crippen LogP contribution >= 0.6 is 22.7 Å². The summed E-state index contributed by atoms with van der Waals surface area (Å²) in [5, 5.41) is 8.46. The van der Waals surface area contributed by atoms with Gasteiger partial charge in [-0.15, -0.1) is 27.8 Å². The molecule has 3 aromatic heterocycles. The summed E-state index contributed by atoms with van der Waals surface area (Å²) in [5.74, 6) is -0.389. The van der Waals surface area contributed by atoms with Gasteiger partial charge in [-0.3, -0.25) is 9.69 Å². The van der Waals surface area contributed by atoms with Crippen molar-refractivity contribution >= 4 is 39.4 Å². The Morgan fingerprint density at radius 2 is 2.00 bits per heavy atom. The van der Waals surface area contributed by atoms with Crippen LogP contribution in [0, 0.1) is 0 Å². The smallest absolute Gasteiger partial charge is 0.387 e. The number of para-hydroxylation sites is 1. The maximum absolute atomic E-state index is 12.1. The number of thiazole rings is 1. The first-order chi connectivity index (χ1) is 13.1. The Bertz CT molecular complexity index is 1110. The maximum Gasteiger partial charge on any atom is 0.437 e. The van der Waals surface area contributed by atoms with Gasteiger partial charge in [0.25, 0.3) is 5.89 Å². The van der Waals surface area contributed by atoms with Crippen LogP contribution in [-0.2, 0) is 11.3 Å². The van der Waals surface area contributed by atoms with Crippen molar-refractivity contribution in [2.24, 2.45) is 0 Å². The van der Waals surface area contributed by atoms with Crippen LogP contribution in [0.2, 0.25) is 0 Å². The van der Waals surface area contributed by atoms with Crippen molar-refractivity contribution in [3.63, 3.8) is 0 Å². The molecule has 1 aromatic carbocycles. The van der Waals surface area contributed by atoms with Crippen LogP contribution in [0.3, 0.4) is 0 Å². The van der Waals surface area contributed by atoms with Crippen LogP contribution in [-0.4, -0.2) is 20.7 Å². The second kappa shape index (κ2) is 7.29. The normalized spacial score (nSPS) is 10.9. The number of anilines is 2. The van der Waals surface area contributed by atoms with E-state index >= 15 is 0 Å². The monoisotopic (exact) mass is 398 g/mol. The molecule has 0 spiro atoms. The molecule has 3 heterocycles. The Hall–Kier alpha value is -3.04. The lowest BCUT2D eigenvalue weighted by Gasteiger charge is -2.17. The standard InChI is InChI=1S/C18H14N4O3S2/c1-12(23)22(14-6-3-2-4-7-14)17-19-13(11-27-17)10-21-18(24)25-16(20-21)15-8-5-9-26-15/h2-9,11H,10H2,1H3. The fourth-order valence-corrected chi connectivity index (χ4v) is 4.06. The van der Waals surface area contributed by atoms with Gasteiger partial charge >= 0.3 is 5.76 Å². The highest BCUT2D eigenvalue weighted by atomic mass is 32.1. The molecule has 4 rings (SSSR count). The van der Waals surface area contributed by atoms with Crippen molar-refractivity contribution in [3.8, 4) is 10.8 Å². The predicted molar refractivity (Wildman–Crippen MR) is 105 cm³/mol. The number of rotatable bonds is 5. The lowest BCUT2D eigenvalue weighted by molar-refractivity contribution is -0.115. The largest absolute Gasteiger partial charge is 0.437 e. The summed E-state index contributed by atoms with van der Waals surface area (Å²) < 4.78 is 6.44. The number of thiophene rings is 1. The third kappa shape index (κ3) is 3.60. The molecule has 0 N–H and O–H groups in total. The van der Waals surface area contributed by atoms with Gasteiger partial charge in [0.05, 0.1) is 22.8 Å². The van der Waals surface area contributed by atoms with E-state index in [-0.39, 0.29) is 12.5 Å². The summed E-state index contributed by atoms with van der Waals surface area (Å²) in [6, 6.07) is 13.0. The van der Waals surface area contributed by atoms with Crippen LogP contribution in [0.15, 0.2) is 62.4 Å². The summed E-state index contributed by atoms with van der Waals surface area (Å²) in [4.78, 5) is 31.0. The molecular weight excluding hydrogens is 384 g/mol. The summed E-state index contributed by atoms with van der Waals surface area (Å²) in [6.07, 6.45) is 0. The minimum atomic E-state index is -0.542. The van der Waals surface area contributed by atoms with E-state index in [0.717, 1.165) is 10.6 Å². The van der Waals surface area contributed by atoms with E-state index in [0.29, 0.717) is 16.7 Å². The number of hydrogen-bond donors (Lipinski definition) is 0. The molecule has 0 aliphatic heterocycles. The van der Waals surface area contributed by atoms with E-state index in [1.807, 2.05) is 47.8 Å². The SMILES string of the molecule is CC(=O)N(c1ccccc1)c1nc(Cn2nc(-c3cccs3)oc2=O)cs1. The van der Waals surface area contributed by atoms with Gasteiger partial charge in [0, 0.05) is 12.3 Å². The molecule has 4 aromatic rings. The third-order valence-corrected chi connectivity index (χ3v) is 5.44. The minimum Gasteiger partial charge on any atom is -0.387 e. The molecule has 1 amide bonds. The molecule has 0 radical (unpaired) electrons. The molecule has 0 fully saturated rings. The molecular formula is C18H14N4O3S2. The Balaban J connectivity index is 1.60. The van der Waals surface area contributed by atoms with Gasteiger partial charge < -0.3 is 4.42 Å². The number of carbonyl (C=O) groups is 1. The molecule has 27 heavy (non-hydrogen) atoms. The highest BCUT2D eigenvalue weighted by Crippen LogP contribution is 2.29. The first kappa shape index (κ1) is 17.4. The first-order valence-electron chi connectivity index (χ1n) is 8.04. The number of amides is 1. The van der Waals surface area contributed by atoms with E-state index < -0.39 is 5.76 Å². The van der Waals surface area contributed by atoms with Crippen LogP contribution in [0.25, 0.3) is 10.8 Å². The Kier molecular flexibility index (Phi) is 4.69. The number of nitrogens with zero attached hydrogens (tertiary/aromatic N) is 4. The fraction of sp³-hybridized carbons (Fsp3) is 0.111. The van der Waals surface area contributed by atoms with Crippen LogP contribution in [0.4, 0.5) is 10.8 Å². The first-order valence-corrected chi connectivity index (χ1v) is 9.80. The number of benzene rings is 1. The zero-order valence-electron chi connectivity index (χ0n) is 14.2. The van der Waals surface area contributed by atoms with Gasteiger partial charge in [-0.1, -0.05) is 24.3 Å². The van der Waals surface area contributed by atoms with Crippen molar-refractivity contribution in [1.82, 2.24) is 14.8 Å². The van der Waals surface area contributed by atoms with Gasteiger partial charge in [0.2, 0.25) is 5.91 Å². The highest BCUT2D eigenvalue weighted by molar-refractivity contribution is 7.14. The number of aromatic nitrogens is 3. The third-order valence-electron chi connectivity index (χ3n) is 3.71. The number of hydrogen-bond acceptors (Lipinski definition) is 7. The second-order valence-corrected chi connectivity index (χ2v) is 7.40. The molecule has 7 nitrogen and oxygen atoms in total. The van der Waals surface area contributed by atoms with Crippen molar-refractivity contribution < 1.29 is 9.21 Å². The summed E-state index contributed by atoms with van der Waals surface area (Å²) in [5.41, 5.74) is 1.37. The Morgan fingerprint density at radius 1 is 1.19 bits per heavy atom. The summed E-state index contributed by atoms with van der Waals surface area (Å²) in [7, 11) is 0. The van der Waals surface area contributed by atoms with E-state index in [2.05, 4.69) is 10.1 Å². The second-order valence-electron chi connectivity index (χ2n) is 5.62. The number of carbonyl (C=O) groups excluding carboxylic acids is 1. The molecule has 0 atom stereocenters. The maximum atomic E-state index is 12.1. The van der Waals surface area contributed by atoms with Crippen LogP contribution < -0.4 is 10.7 Å². The van der Waals surface area contributed by atoms with E-state index in [1.165, 1.54) is 39.2 Å². The van der Waals surface area contributed by atoms with Gasteiger partial charge in [-0.2, -0.15) is 4.68 Å². The zero-order chi connectivity index (χ0) is 18.8. The van der Waals surface area contributed by atoms with E-state index in [9.17, 15) is 9.59 Å². The fourth-order valence-electron chi connectivity index (χ4n) is 2.54. The van der Waals surface area contributed by atoms with Gasteiger partial charge in [-0.25, -0.2) is 9.78 Å². The van der Waals surface area contributed by atoms with Gasteiger partial charge in [-0.05, 0) is 23.6 Å².